The Bertz CT molecular complexity index is 543. The summed E-state index contributed by atoms with van der Waals surface area (Å²) in [5, 5.41) is 3.20. The Morgan fingerprint density at radius 3 is 2.63 bits per heavy atom. The second-order valence-electron chi connectivity index (χ2n) is 4.50. The van der Waals surface area contributed by atoms with Gasteiger partial charge >= 0.3 is 0 Å². The first kappa shape index (κ1) is 13.8. The molecule has 0 atom stereocenters. The molecule has 0 bridgehead atoms. The normalized spacial score (nSPS) is 11.2. The molecule has 19 heavy (non-hydrogen) atoms. The topological polar surface area (TPSA) is 60.4 Å². The highest BCUT2D eigenvalue weighted by molar-refractivity contribution is 5.64. The van der Waals surface area contributed by atoms with E-state index in [1.54, 1.807) is 13.3 Å². The number of nitrogens with one attached hydrogen (secondary N) is 1. The highest BCUT2D eigenvalue weighted by Gasteiger charge is 2.17. The molecule has 0 fully saturated rings. The fourth-order valence-electron chi connectivity index (χ4n) is 2.03. The second kappa shape index (κ2) is 6.04. The second-order valence-corrected chi connectivity index (χ2v) is 4.50. The van der Waals surface area contributed by atoms with E-state index in [0.717, 1.165) is 35.0 Å². The molecule has 2 heterocycles. The lowest BCUT2D eigenvalue weighted by molar-refractivity contribution is 0.198. The highest BCUT2D eigenvalue weighted by atomic mass is 16.5. The molecule has 0 aromatic carbocycles. The molecule has 0 saturated carbocycles. The zero-order chi connectivity index (χ0) is 13.8. The number of rotatable bonds is 6. The van der Waals surface area contributed by atoms with Gasteiger partial charge in [0.25, 0.3) is 0 Å². The molecule has 104 valence electrons. The summed E-state index contributed by atoms with van der Waals surface area (Å²) in [5.74, 6) is 3.22. The number of aromatic nitrogens is 1. The minimum absolute atomic E-state index is 0.596. The van der Waals surface area contributed by atoms with Gasteiger partial charge in [-0.2, -0.15) is 0 Å². The molecule has 2 aromatic rings. The maximum absolute atomic E-state index is 5.75. The molecule has 5 heteroatoms. The van der Waals surface area contributed by atoms with Crippen molar-refractivity contribution in [3.63, 3.8) is 0 Å². The van der Waals surface area contributed by atoms with E-state index in [0.29, 0.717) is 19.0 Å². The third kappa shape index (κ3) is 3.05. The summed E-state index contributed by atoms with van der Waals surface area (Å²) in [5.41, 5.74) is 2.11. The summed E-state index contributed by atoms with van der Waals surface area (Å²) in [4.78, 5) is 4.27. The molecular weight excluding hydrogens is 244 g/mol. The van der Waals surface area contributed by atoms with Crippen LogP contribution >= 0.6 is 0 Å². The predicted octanol–water partition coefficient (Wildman–Crippen LogP) is 2.60. The average Bonchev–Trinajstić information content (AvgIpc) is 2.91. The van der Waals surface area contributed by atoms with Crippen molar-refractivity contribution in [1.82, 2.24) is 10.3 Å². The van der Waals surface area contributed by atoms with Crippen LogP contribution in [0.15, 0.2) is 15.0 Å². The minimum Gasteiger partial charge on any atom is -0.466 e. The molecule has 0 saturated heterocycles. The maximum Gasteiger partial charge on any atom is 0.208 e. The van der Waals surface area contributed by atoms with Crippen LogP contribution < -0.4 is 5.32 Å². The van der Waals surface area contributed by atoms with Crippen molar-refractivity contribution in [2.24, 2.45) is 0 Å². The first-order valence-corrected chi connectivity index (χ1v) is 6.34. The van der Waals surface area contributed by atoms with Crippen molar-refractivity contribution < 1.29 is 13.6 Å². The van der Waals surface area contributed by atoms with Crippen LogP contribution in [-0.4, -0.2) is 25.2 Å². The minimum atomic E-state index is 0.596. The zero-order valence-electron chi connectivity index (χ0n) is 11.9. The molecule has 2 aromatic heterocycles. The van der Waals surface area contributed by atoms with E-state index in [4.69, 9.17) is 13.6 Å². The first-order valence-electron chi connectivity index (χ1n) is 6.34. The number of furan rings is 1. The van der Waals surface area contributed by atoms with Crippen LogP contribution in [0, 0.1) is 20.8 Å². The van der Waals surface area contributed by atoms with E-state index < -0.39 is 0 Å². The Hall–Kier alpha value is -1.59. The van der Waals surface area contributed by atoms with Crippen LogP contribution in [0.2, 0.25) is 0 Å². The monoisotopic (exact) mass is 264 g/mol. The molecule has 0 unspecified atom stereocenters. The van der Waals surface area contributed by atoms with Crippen molar-refractivity contribution in [3.05, 3.63) is 29.2 Å². The van der Waals surface area contributed by atoms with Crippen molar-refractivity contribution in [1.29, 1.82) is 0 Å². The highest BCUT2D eigenvalue weighted by Crippen LogP contribution is 2.31. The van der Waals surface area contributed by atoms with E-state index in [1.165, 1.54) is 0 Å². The lowest BCUT2D eigenvalue weighted by atomic mass is 10.1. The molecule has 2 rings (SSSR count). The van der Waals surface area contributed by atoms with Gasteiger partial charge in [-0.05, 0) is 20.8 Å². The fourth-order valence-corrected chi connectivity index (χ4v) is 2.03. The standard InChI is InChI=1S/C14H20N2O3/c1-9-10(2)18-11(3)14(9)12-7-16-13(19-12)8-15-5-6-17-4/h7,15H,5-6,8H2,1-4H3. The van der Waals surface area contributed by atoms with Gasteiger partial charge in [0.05, 0.1) is 24.9 Å². The fraction of sp³-hybridized carbons (Fsp3) is 0.500. The zero-order valence-corrected chi connectivity index (χ0v) is 11.9. The van der Waals surface area contributed by atoms with Crippen LogP contribution in [0.25, 0.3) is 11.3 Å². The van der Waals surface area contributed by atoms with Crippen LogP contribution in [0.4, 0.5) is 0 Å². The van der Waals surface area contributed by atoms with Crippen LogP contribution in [-0.2, 0) is 11.3 Å². The van der Waals surface area contributed by atoms with E-state index >= 15 is 0 Å². The van der Waals surface area contributed by atoms with Gasteiger partial charge in [-0.1, -0.05) is 0 Å². The Morgan fingerprint density at radius 1 is 1.21 bits per heavy atom. The lowest BCUT2D eigenvalue weighted by Gasteiger charge is -2.00. The third-order valence-corrected chi connectivity index (χ3v) is 3.12. The maximum atomic E-state index is 5.75. The van der Waals surface area contributed by atoms with Crippen LogP contribution in [0.1, 0.15) is 23.0 Å². The number of nitrogens with zero attached hydrogens (tertiary/aromatic N) is 1. The van der Waals surface area contributed by atoms with Gasteiger partial charge in [-0.15, -0.1) is 0 Å². The predicted molar refractivity (Wildman–Crippen MR) is 72.0 cm³/mol. The van der Waals surface area contributed by atoms with Gasteiger partial charge in [-0.25, -0.2) is 4.98 Å². The number of methoxy groups -OCH3 is 1. The molecule has 0 aliphatic heterocycles. The molecule has 0 amide bonds. The molecule has 5 nitrogen and oxygen atoms in total. The summed E-state index contributed by atoms with van der Waals surface area (Å²) in [7, 11) is 1.68. The van der Waals surface area contributed by atoms with E-state index in [9.17, 15) is 0 Å². The van der Waals surface area contributed by atoms with Gasteiger partial charge in [0, 0.05) is 19.2 Å². The molecule has 1 N–H and O–H groups in total. The van der Waals surface area contributed by atoms with E-state index in [2.05, 4.69) is 10.3 Å². The Labute approximate surface area is 113 Å². The number of hydrogen-bond acceptors (Lipinski definition) is 5. The number of hydrogen-bond donors (Lipinski definition) is 1. The van der Waals surface area contributed by atoms with E-state index in [1.807, 2.05) is 20.8 Å². The quantitative estimate of drug-likeness (QED) is 0.813. The van der Waals surface area contributed by atoms with Gasteiger partial charge < -0.3 is 18.9 Å². The first-order chi connectivity index (χ1) is 9.13. The average molecular weight is 264 g/mol. The van der Waals surface area contributed by atoms with Gasteiger partial charge in [0.2, 0.25) is 5.89 Å². The molecule has 0 aliphatic rings. The molecule has 0 radical (unpaired) electrons. The van der Waals surface area contributed by atoms with Crippen molar-refractivity contribution >= 4 is 0 Å². The largest absolute Gasteiger partial charge is 0.466 e. The molecule has 0 spiro atoms. The molecular formula is C14H20N2O3. The van der Waals surface area contributed by atoms with Gasteiger partial charge in [-0.3, -0.25) is 0 Å². The Balaban J connectivity index is 2.08. The van der Waals surface area contributed by atoms with Crippen LogP contribution in [0.5, 0.6) is 0 Å². The van der Waals surface area contributed by atoms with Crippen molar-refractivity contribution in [2.75, 3.05) is 20.3 Å². The van der Waals surface area contributed by atoms with E-state index in [-0.39, 0.29) is 0 Å². The molecule has 0 aliphatic carbocycles. The number of ether oxygens (including phenoxy) is 1. The summed E-state index contributed by atoms with van der Waals surface area (Å²) in [6, 6.07) is 0. The summed E-state index contributed by atoms with van der Waals surface area (Å²) >= 11 is 0. The SMILES string of the molecule is COCCNCc1ncc(-c2c(C)oc(C)c2C)o1. The smallest absolute Gasteiger partial charge is 0.208 e. The lowest BCUT2D eigenvalue weighted by Crippen LogP contribution is -2.18. The summed E-state index contributed by atoms with van der Waals surface area (Å²) in [6.45, 7) is 7.96. The third-order valence-electron chi connectivity index (χ3n) is 3.12. The number of aryl methyl sites for hydroxylation is 2. The van der Waals surface area contributed by atoms with Crippen molar-refractivity contribution in [3.8, 4) is 11.3 Å². The van der Waals surface area contributed by atoms with Gasteiger partial charge in [0.1, 0.15) is 11.5 Å². The van der Waals surface area contributed by atoms with Gasteiger partial charge in [0.15, 0.2) is 5.76 Å². The van der Waals surface area contributed by atoms with Crippen molar-refractivity contribution in [2.45, 2.75) is 27.3 Å². The summed E-state index contributed by atoms with van der Waals surface area (Å²) < 4.78 is 16.3. The summed E-state index contributed by atoms with van der Waals surface area (Å²) in [6.07, 6.45) is 1.75. The Kier molecular flexibility index (Phi) is 4.39. The van der Waals surface area contributed by atoms with Crippen LogP contribution in [0.3, 0.4) is 0 Å². The Morgan fingerprint density at radius 2 is 2.00 bits per heavy atom. The number of oxazole rings is 1.